The zero-order chi connectivity index (χ0) is 54.7. The Bertz CT molecular complexity index is 1900. The molecule has 0 fully saturated rings. The van der Waals surface area contributed by atoms with Crippen LogP contribution in [0.5, 0.6) is 23.0 Å². The van der Waals surface area contributed by atoms with E-state index in [4.69, 9.17) is 18.9 Å². The van der Waals surface area contributed by atoms with E-state index < -0.39 is 24.1 Å². The number of benzene rings is 2. The topological polar surface area (TPSA) is 142 Å². The molecule has 0 aliphatic carbocycles. The molecule has 0 saturated heterocycles. The molecule has 75 heavy (non-hydrogen) atoms. The van der Waals surface area contributed by atoms with Gasteiger partial charge in [-0.05, 0) is 62.8 Å². The number of rotatable bonds is 50. The third-order valence-electron chi connectivity index (χ3n) is 14.6. The molecule has 12 heteroatoms. The summed E-state index contributed by atoms with van der Waals surface area (Å²) in [6.45, 7) is 13.7. The molecule has 0 aliphatic heterocycles. The molecule has 0 aliphatic rings. The molecule has 0 atom stereocenters. The lowest BCUT2D eigenvalue weighted by Gasteiger charge is -2.17. The number of hydrogen-bond acceptors (Lipinski definition) is 8. The summed E-state index contributed by atoms with van der Waals surface area (Å²) in [5.74, 6) is 1.26. The monoisotopic (exact) mass is 1090 g/mol. The van der Waals surface area contributed by atoms with E-state index in [-0.39, 0.29) is 32.4 Å². The summed E-state index contributed by atoms with van der Waals surface area (Å²) in [6.07, 6.45) is 47.2. The van der Waals surface area contributed by atoms with Crippen LogP contribution in [0.2, 0.25) is 0 Å². The highest BCUT2D eigenvalue weighted by molar-refractivity contribution is 8.31. The van der Waals surface area contributed by atoms with Crippen molar-refractivity contribution in [1.29, 1.82) is 0 Å². The van der Waals surface area contributed by atoms with Crippen LogP contribution in [0.4, 0.5) is 0 Å². The summed E-state index contributed by atoms with van der Waals surface area (Å²) >= 11 is 0. The van der Waals surface area contributed by atoms with E-state index in [1.165, 1.54) is 192 Å². The largest absolute Gasteiger partial charge is 0.504 e. The second kappa shape index (κ2) is 43.9. The van der Waals surface area contributed by atoms with Crippen LogP contribution in [-0.2, 0) is 19.7 Å². The molecule has 0 spiro atoms. The molecular formula is C63H110N2O8S2. The fourth-order valence-electron chi connectivity index (χ4n) is 9.84. The first-order valence-corrected chi connectivity index (χ1v) is 34.0. The molecule has 2 rings (SSSR count). The molecule has 10 nitrogen and oxygen atoms in total. The van der Waals surface area contributed by atoms with Crippen LogP contribution in [0.1, 0.15) is 296 Å². The van der Waals surface area contributed by atoms with Gasteiger partial charge in [-0.3, -0.25) is 0 Å². The van der Waals surface area contributed by atoms with Gasteiger partial charge in [0.2, 0.25) is 0 Å². The fraction of sp³-hybridized carbons (Fsp3) is 0.794. The number of hydrogen-bond donors (Lipinski definition) is 0. The third-order valence-corrected chi connectivity index (χ3v) is 19.1. The van der Waals surface area contributed by atoms with Crippen LogP contribution in [-0.4, -0.2) is 52.4 Å². The second-order valence-electron chi connectivity index (χ2n) is 21.6. The summed E-state index contributed by atoms with van der Waals surface area (Å²) in [6, 6.07) is 5.89. The third kappa shape index (κ3) is 29.5. The lowest BCUT2D eigenvalue weighted by Crippen LogP contribution is -2.27. The first-order valence-electron chi connectivity index (χ1n) is 31.0. The Morgan fingerprint density at radius 2 is 0.520 bits per heavy atom. The van der Waals surface area contributed by atoms with Gasteiger partial charge < -0.3 is 24.5 Å². The molecule has 432 valence electrons. The smallest absolute Gasteiger partial charge is 0.490 e. The highest BCUT2D eigenvalue weighted by atomic mass is 32.3. The van der Waals surface area contributed by atoms with Crippen LogP contribution < -0.4 is 18.9 Å². The number of unbranched alkanes of at least 4 members (excludes halogenated alkanes) is 36. The normalized spacial score (nSPS) is 11.8. The van der Waals surface area contributed by atoms with Gasteiger partial charge in [0.25, 0.3) is 19.7 Å². The summed E-state index contributed by atoms with van der Waals surface area (Å²) in [4.78, 5) is 2.40. The van der Waals surface area contributed by atoms with E-state index in [1.807, 2.05) is 0 Å². The molecular weight excluding hydrogens is 977 g/mol. The summed E-state index contributed by atoms with van der Waals surface area (Å²) in [5.41, 5.74) is 10.9. The Morgan fingerprint density at radius 1 is 0.333 bits per heavy atom. The van der Waals surface area contributed by atoms with E-state index in [0.29, 0.717) is 37.9 Å². The van der Waals surface area contributed by atoms with Crippen LogP contribution in [0.25, 0.3) is 5.53 Å². The Balaban J connectivity index is 2.31. The number of nitrogens with zero attached hydrogens (tertiary/aromatic N) is 2. The molecule has 0 bridgehead atoms. The Labute approximate surface area is 460 Å². The van der Waals surface area contributed by atoms with Crippen molar-refractivity contribution in [2.24, 2.45) is 0 Å². The number of ether oxygens (including phenoxy) is 4. The fourth-order valence-corrected chi connectivity index (χ4v) is 13.6. The first-order chi connectivity index (χ1) is 36.5. The quantitative estimate of drug-likeness (QED) is 0.0210. The van der Waals surface area contributed by atoms with Crippen molar-refractivity contribution in [3.8, 4) is 23.0 Å². The Kier molecular flexibility index (Phi) is 39.8. The minimum Gasteiger partial charge on any atom is -0.490 e. The molecule has 0 radical (unpaired) electrons. The van der Waals surface area contributed by atoms with Gasteiger partial charge in [-0.15, -0.1) is 4.79 Å². The van der Waals surface area contributed by atoms with Crippen LogP contribution in [0.3, 0.4) is 0 Å². The maximum absolute atomic E-state index is 14.6. The number of sulfone groups is 2. The molecule has 0 heterocycles. The molecule has 0 unspecified atom stereocenters. The van der Waals surface area contributed by atoms with E-state index in [2.05, 4.69) is 32.5 Å². The van der Waals surface area contributed by atoms with Crippen molar-refractivity contribution in [3.63, 3.8) is 0 Å². The summed E-state index contributed by atoms with van der Waals surface area (Å²) in [7, 11) is -9.87. The van der Waals surface area contributed by atoms with E-state index in [9.17, 15) is 22.4 Å². The molecule has 0 amide bonds. The van der Waals surface area contributed by atoms with Gasteiger partial charge in [-0.25, -0.2) is 16.8 Å². The van der Waals surface area contributed by atoms with Crippen LogP contribution in [0, 0.1) is 13.8 Å². The standard InChI is InChI=1S/C63H110N2O8S2/c1-7-11-15-19-23-27-31-35-39-43-47-70-57-51-55(5)61(53-59(57)72-49-45-41-37-33-29-25-21-17-13-9-3)74(66,67)63(65-64)75(68,69)62-54-60(73-50-46-42-38-34-30-26-22-18-14-10-4)58(52-56(62)6)71-48-44-40-36-32-28-24-20-16-12-8-2/h51-54H,7-50H2,1-6H3. The van der Waals surface area contributed by atoms with Crippen molar-refractivity contribution >= 4 is 24.1 Å². The Morgan fingerprint density at radius 3 is 0.720 bits per heavy atom. The van der Waals surface area contributed by atoms with Gasteiger partial charge in [0, 0.05) is 12.1 Å². The van der Waals surface area contributed by atoms with Crippen molar-refractivity contribution in [2.75, 3.05) is 26.4 Å². The molecule has 0 saturated carbocycles. The summed E-state index contributed by atoms with van der Waals surface area (Å²) < 4.78 is 82.3. The lowest BCUT2D eigenvalue weighted by molar-refractivity contribution is 0.00379. The van der Waals surface area contributed by atoms with Gasteiger partial charge >= 0.3 is 4.38 Å². The van der Waals surface area contributed by atoms with Crippen molar-refractivity contribution in [2.45, 2.75) is 308 Å². The maximum Gasteiger partial charge on any atom is 0.504 e. The van der Waals surface area contributed by atoms with Crippen LogP contribution >= 0.6 is 0 Å². The minimum atomic E-state index is -4.93. The van der Waals surface area contributed by atoms with E-state index in [0.717, 1.165) is 77.0 Å². The van der Waals surface area contributed by atoms with Gasteiger partial charge in [0.1, 0.15) is 0 Å². The van der Waals surface area contributed by atoms with Gasteiger partial charge in [0.05, 0.1) is 36.2 Å². The Hall–Kier alpha value is -3.08. The SMILES string of the molecule is CCCCCCCCCCCCOc1cc(C)c(S(=O)(=O)C(=[N+]=[N-])S(=O)(=O)c2cc(OCCCCCCCCCCCC)c(OCCCCCCCCCCCC)cc2C)cc1OCCCCCCCCCCCC. The maximum atomic E-state index is 14.6. The zero-order valence-electron chi connectivity index (χ0n) is 48.9. The van der Waals surface area contributed by atoms with Crippen LogP contribution in [0.15, 0.2) is 34.1 Å². The molecule has 0 aromatic heterocycles. The molecule has 2 aromatic carbocycles. The lowest BCUT2D eigenvalue weighted by atomic mass is 10.1. The van der Waals surface area contributed by atoms with Gasteiger partial charge in [0.15, 0.2) is 23.0 Å². The minimum absolute atomic E-state index is 0.222. The molecule has 2 aromatic rings. The molecule has 0 N–H and O–H groups in total. The average Bonchev–Trinajstić information content (AvgIpc) is 3.38. The second-order valence-corrected chi connectivity index (χ2v) is 25.5. The van der Waals surface area contributed by atoms with Gasteiger partial charge in [-0.1, -0.05) is 259 Å². The predicted octanol–water partition coefficient (Wildman–Crippen LogP) is 19.3. The first kappa shape index (κ1) is 68.0. The zero-order valence-corrected chi connectivity index (χ0v) is 50.5. The van der Waals surface area contributed by atoms with E-state index >= 15 is 0 Å². The van der Waals surface area contributed by atoms with Gasteiger partial charge in [-0.2, -0.15) is 0 Å². The van der Waals surface area contributed by atoms with Crippen molar-refractivity contribution in [1.82, 2.24) is 0 Å². The van der Waals surface area contributed by atoms with E-state index in [1.54, 1.807) is 26.0 Å². The average molecular weight is 1090 g/mol. The highest BCUT2D eigenvalue weighted by Crippen LogP contribution is 2.38. The number of aryl methyl sites for hydroxylation is 2. The summed E-state index contributed by atoms with van der Waals surface area (Å²) in [5, 5.41) is 0. The van der Waals surface area contributed by atoms with Crippen molar-refractivity contribution < 1.29 is 40.6 Å². The highest BCUT2D eigenvalue weighted by Gasteiger charge is 2.46. The van der Waals surface area contributed by atoms with Crippen molar-refractivity contribution in [3.05, 3.63) is 40.9 Å². The predicted molar refractivity (Wildman–Crippen MR) is 315 cm³/mol.